The van der Waals surface area contributed by atoms with Gasteiger partial charge in [-0.2, -0.15) is 5.26 Å². The molecule has 0 aromatic rings. The van der Waals surface area contributed by atoms with Gasteiger partial charge < -0.3 is 10.6 Å². The Hall–Kier alpha value is -0.730. The first-order valence-electron chi connectivity index (χ1n) is 5.09. The average Bonchev–Trinajstić information content (AvgIpc) is 2.27. The Kier molecular flexibility index (Phi) is 4.43. The van der Waals surface area contributed by atoms with Gasteiger partial charge in [0, 0.05) is 26.1 Å². The molecule has 84 valence electrons. The Bertz CT molecular complexity index is 266. The number of nitrogens with zero attached hydrogens (tertiary/aromatic N) is 2. The van der Waals surface area contributed by atoms with E-state index in [-0.39, 0.29) is 10.7 Å². The molecule has 4 nitrogen and oxygen atoms in total. The minimum atomic E-state index is -0.253. The molecule has 2 N–H and O–H groups in total. The maximum atomic E-state index is 10.6. The van der Waals surface area contributed by atoms with Crippen molar-refractivity contribution >= 4 is 17.7 Å². The van der Waals surface area contributed by atoms with Crippen LogP contribution in [0.2, 0.25) is 0 Å². The molecule has 0 unspecified atom stereocenters. The molecule has 1 aliphatic rings. The largest absolute Gasteiger partial charge is 0.370 e. The quantitative estimate of drug-likeness (QED) is 0.763. The smallest absolute Gasteiger partial charge is 0.218 e. The highest BCUT2D eigenvalue weighted by Crippen LogP contribution is 2.33. The van der Waals surface area contributed by atoms with Crippen molar-refractivity contribution < 1.29 is 4.79 Å². The summed E-state index contributed by atoms with van der Waals surface area (Å²) < 4.78 is -0.205. The molecule has 1 fully saturated rings. The molecule has 0 aromatic heterocycles. The van der Waals surface area contributed by atoms with Crippen LogP contribution in [-0.4, -0.2) is 41.4 Å². The van der Waals surface area contributed by atoms with E-state index in [0.717, 1.165) is 32.5 Å². The molecule has 0 spiro atoms. The molecule has 0 radical (unpaired) electrons. The van der Waals surface area contributed by atoms with Gasteiger partial charge in [-0.3, -0.25) is 4.79 Å². The fraction of sp³-hybridized carbons (Fsp3) is 0.800. The number of primary amides is 1. The van der Waals surface area contributed by atoms with Crippen LogP contribution in [0.4, 0.5) is 0 Å². The van der Waals surface area contributed by atoms with Gasteiger partial charge in [0.2, 0.25) is 5.91 Å². The monoisotopic (exact) mass is 227 g/mol. The van der Waals surface area contributed by atoms with Gasteiger partial charge in [-0.05, 0) is 19.1 Å². The summed E-state index contributed by atoms with van der Waals surface area (Å²) in [5, 5.41) is 9.08. The molecule has 1 aliphatic heterocycles. The second kappa shape index (κ2) is 5.38. The van der Waals surface area contributed by atoms with Crippen LogP contribution in [0.3, 0.4) is 0 Å². The number of carbonyl (C=O) groups is 1. The van der Waals surface area contributed by atoms with Gasteiger partial charge in [-0.1, -0.05) is 0 Å². The highest BCUT2D eigenvalue weighted by molar-refractivity contribution is 8.00. The Balaban J connectivity index is 2.36. The van der Waals surface area contributed by atoms with E-state index in [0.29, 0.717) is 6.42 Å². The van der Waals surface area contributed by atoms with Crippen LogP contribution in [-0.2, 0) is 4.79 Å². The fourth-order valence-corrected chi connectivity index (χ4v) is 2.45. The Morgan fingerprint density at radius 3 is 2.60 bits per heavy atom. The minimum Gasteiger partial charge on any atom is -0.370 e. The molecular weight excluding hydrogens is 210 g/mol. The van der Waals surface area contributed by atoms with Gasteiger partial charge in [-0.25, -0.2) is 0 Å². The predicted molar refractivity (Wildman–Crippen MR) is 61.3 cm³/mol. The lowest BCUT2D eigenvalue weighted by Crippen LogP contribution is -2.42. The predicted octanol–water partition coefficient (Wildman–Crippen LogP) is 0.583. The van der Waals surface area contributed by atoms with E-state index in [9.17, 15) is 4.79 Å². The zero-order valence-electron chi connectivity index (χ0n) is 9.03. The number of rotatable bonds is 4. The first kappa shape index (κ1) is 12.3. The molecule has 0 bridgehead atoms. The second-order valence-corrected chi connectivity index (χ2v) is 5.06. The number of nitriles is 1. The van der Waals surface area contributed by atoms with E-state index in [1.165, 1.54) is 0 Å². The molecule has 1 amide bonds. The lowest BCUT2D eigenvalue weighted by atomic mass is 9.97. The lowest BCUT2D eigenvalue weighted by Gasteiger charge is -2.35. The number of likely N-dealkylation sites (tertiary alicyclic amines) is 1. The normalized spacial score (nSPS) is 20.8. The molecule has 0 aliphatic carbocycles. The van der Waals surface area contributed by atoms with E-state index in [1.54, 1.807) is 11.8 Å². The minimum absolute atomic E-state index is 0.205. The van der Waals surface area contributed by atoms with E-state index >= 15 is 0 Å². The number of hydrogen-bond acceptors (Lipinski definition) is 4. The van der Waals surface area contributed by atoms with E-state index in [2.05, 4.69) is 11.0 Å². The zero-order valence-corrected chi connectivity index (χ0v) is 9.85. The topological polar surface area (TPSA) is 70.1 Å². The summed E-state index contributed by atoms with van der Waals surface area (Å²) in [5.74, 6) is -0.253. The van der Waals surface area contributed by atoms with Crippen molar-refractivity contribution in [3.8, 4) is 6.07 Å². The number of amides is 1. The zero-order chi connectivity index (χ0) is 11.3. The SMILES string of the molecule is CSC1(C#N)CCN(CCC(N)=O)CC1. The molecule has 1 saturated heterocycles. The maximum Gasteiger partial charge on any atom is 0.218 e. The number of hydrogen-bond donors (Lipinski definition) is 1. The van der Waals surface area contributed by atoms with Gasteiger partial charge in [-0.15, -0.1) is 11.8 Å². The van der Waals surface area contributed by atoms with Gasteiger partial charge in [0.15, 0.2) is 0 Å². The van der Waals surface area contributed by atoms with Crippen LogP contribution in [0.1, 0.15) is 19.3 Å². The first-order chi connectivity index (χ1) is 7.12. The number of carbonyl (C=O) groups excluding carboxylic acids is 1. The lowest BCUT2D eigenvalue weighted by molar-refractivity contribution is -0.118. The highest BCUT2D eigenvalue weighted by Gasteiger charge is 2.33. The van der Waals surface area contributed by atoms with Crippen LogP contribution in [0.5, 0.6) is 0 Å². The van der Waals surface area contributed by atoms with Crippen molar-refractivity contribution in [2.45, 2.75) is 24.0 Å². The summed E-state index contributed by atoms with van der Waals surface area (Å²) in [6, 6.07) is 2.40. The van der Waals surface area contributed by atoms with Crippen molar-refractivity contribution in [3.05, 3.63) is 0 Å². The molecule has 1 rings (SSSR count). The van der Waals surface area contributed by atoms with Gasteiger partial charge in [0.25, 0.3) is 0 Å². The summed E-state index contributed by atoms with van der Waals surface area (Å²) in [4.78, 5) is 12.8. The molecule has 0 aromatic carbocycles. The molecule has 15 heavy (non-hydrogen) atoms. The Morgan fingerprint density at radius 2 is 2.20 bits per heavy atom. The number of thioether (sulfide) groups is 1. The van der Waals surface area contributed by atoms with Crippen LogP contribution in [0, 0.1) is 11.3 Å². The maximum absolute atomic E-state index is 10.6. The van der Waals surface area contributed by atoms with Crippen LogP contribution >= 0.6 is 11.8 Å². The van der Waals surface area contributed by atoms with Crippen LogP contribution in [0.15, 0.2) is 0 Å². The standard InChI is InChI=1S/C10H17N3OS/c1-15-10(8-11)3-6-13(7-4-10)5-2-9(12)14/h2-7H2,1H3,(H2,12,14). The van der Waals surface area contributed by atoms with Gasteiger partial charge >= 0.3 is 0 Å². The molecule has 0 atom stereocenters. The molecule has 5 heteroatoms. The summed E-state index contributed by atoms with van der Waals surface area (Å²) >= 11 is 1.64. The van der Waals surface area contributed by atoms with Crippen molar-refractivity contribution in [3.63, 3.8) is 0 Å². The van der Waals surface area contributed by atoms with Crippen molar-refractivity contribution in [2.75, 3.05) is 25.9 Å². The summed E-state index contributed by atoms with van der Waals surface area (Å²) in [5.41, 5.74) is 5.09. The van der Waals surface area contributed by atoms with Crippen molar-refractivity contribution in [1.29, 1.82) is 5.26 Å². The molecular formula is C10H17N3OS. The van der Waals surface area contributed by atoms with Crippen LogP contribution < -0.4 is 5.73 Å². The summed E-state index contributed by atoms with van der Waals surface area (Å²) in [6.07, 6.45) is 4.16. The third-order valence-corrected chi connectivity index (χ3v) is 4.21. The van der Waals surface area contributed by atoms with E-state index in [4.69, 9.17) is 11.0 Å². The summed E-state index contributed by atoms with van der Waals surface area (Å²) in [6.45, 7) is 2.51. The van der Waals surface area contributed by atoms with Gasteiger partial charge in [0.05, 0.1) is 6.07 Å². The third kappa shape index (κ3) is 3.40. The highest BCUT2D eigenvalue weighted by atomic mass is 32.2. The van der Waals surface area contributed by atoms with Crippen molar-refractivity contribution in [2.24, 2.45) is 5.73 Å². The molecule has 1 heterocycles. The second-order valence-electron chi connectivity index (χ2n) is 3.87. The van der Waals surface area contributed by atoms with Gasteiger partial charge in [0.1, 0.15) is 4.75 Å². The van der Waals surface area contributed by atoms with Crippen LogP contribution in [0.25, 0.3) is 0 Å². The van der Waals surface area contributed by atoms with E-state index < -0.39 is 0 Å². The number of piperidine rings is 1. The average molecular weight is 227 g/mol. The Labute approximate surface area is 94.8 Å². The number of nitrogens with two attached hydrogens (primary N) is 1. The Morgan fingerprint density at radius 1 is 1.60 bits per heavy atom. The van der Waals surface area contributed by atoms with E-state index in [1.807, 2.05) is 6.26 Å². The third-order valence-electron chi connectivity index (χ3n) is 2.93. The first-order valence-corrected chi connectivity index (χ1v) is 6.31. The summed E-state index contributed by atoms with van der Waals surface area (Å²) in [7, 11) is 0. The fourth-order valence-electron chi connectivity index (χ4n) is 1.77. The van der Waals surface area contributed by atoms with Crippen molar-refractivity contribution in [1.82, 2.24) is 4.90 Å². The molecule has 0 saturated carbocycles.